The lowest BCUT2D eigenvalue weighted by Gasteiger charge is -2.36. The molecule has 0 spiro atoms. The van der Waals surface area contributed by atoms with E-state index < -0.39 is 5.60 Å². The lowest BCUT2D eigenvalue weighted by atomic mass is 10.0. The topological polar surface area (TPSA) is 100 Å². The number of piperazine rings is 1. The van der Waals surface area contributed by atoms with Gasteiger partial charge in [-0.05, 0) is 56.7 Å². The average molecular weight is 548 g/mol. The van der Waals surface area contributed by atoms with Crippen molar-refractivity contribution in [3.05, 3.63) is 66.7 Å². The molecule has 5 heterocycles. The van der Waals surface area contributed by atoms with Gasteiger partial charge in [-0.1, -0.05) is 30.3 Å². The third-order valence-corrected chi connectivity index (χ3v) is 7.76. The summed E-state index contributed by atoms with van der Waals surface area (Å²) in [6, 6.07) is 12.3. The quantitative estimate of drug-likeness (QED) is 0.287. The molecule has 41 heavy (non-hydrogen) atoms. The van der Waals surface area contributed by atoms with Crippen LogP contribution in [0.5, 0.6) is 0 Å². The number of amides is 1. The minimum Gasteiger partial charge on any atom is -0.444 e. The molecular weight excluding hydrogens is 514 g/mol. The molecule has 0 unspecified atom stereocenters. The van der Waals surface area contributed by atoms with Gasteiger partial charge in [0, 0.05) is 66.7 Å². The molecular formula is C32H33N7O2. The molecule has 5 aromatic rings. The summed E-state index contributed by atoms with van der Waals surface area (Å²) in [5, 5.41) is 2.06. The van der Waals surface area contributed by atoms with Crippen LogP contribution in [0.25, 0.3) is 44.5 Å². The smallest absolute Gasteiger partial charge is 0.410 e. The van der Waals surface area contributed by atoms with Gasteiger partial charge >= 0.3 is 6.09 Å². The van der Waals surface area contributed by atoms with Gasteiger partial charge in [-0.25, -0.2) is 19.7 Å². The number of hydrogen-bond donors (Lipinski definition) is 1. The molecule has 1 amide bonds. The highest BCUT2D eigenvalue weighted by Gasteiger charge is 2.31. The predicted octanol–water partition coefficient (Wildman–Crippen LogP) is 6.17. The second kappa shape index (κ2) is 9.83. The number of pyridine rings is 2. The molecule has 1 aliphatic carbocycles. The van der Waals surface area contributed by atoms with Crippen molar-refractivity contribution in [3.63, 3.8) is 0 Å². The summed E-state index contributed by atoms with van der Waals surface area (Å²) in [7, 11) is 0. The van der Waals surface area contributed by atoms with Crippen molar-refractivity contribution in [1.82, 2.24) is 29.8 Å². The van der Waals surface area contributed by atoms with E-state index in [0.29, 0.717) is 37.9 Å². The molecule has 1 N–H and O–H groups in total. The number of aromatic amines is 1. The zero-order valence-electron chi connectivity index (χ0n) is 23.6. The number of nitrogens with zero attached hydrogens (tertiary/aromatic N) is 6. The monoisotopic (exact) mass is 547 g/mol. The van der Waals surface area contributed by atoms with Crippen LogP contribution >= 0.6 is 0 Å². The molecule has 9 heteroatoms. The van der Waals surface area contributed by atoms with Crippen molar-refractivity contribution in [2.24, 2.45) is 0 Å². The van der Waals surface area contributed by atoms with Crippen LogP contribution in [0.1, 0.15) is 45.1 Å². The summed E-state index contributed by atoms with van der Waals surface area (Å²) in [6.45, 7) is 8.13. The molecule has 1 aliphatic heterocycles. The van der Waals surface area contributed by atoms with Gasteiger partial charge in [0.15, 0.2) is 5.82 Å². The number of rotatable bonds is 4. The van der Waals surface area contributed by atoms with Crippen molar-refractivity contribution < 1.29 is 9.53 Å². The summed E-state index contributed by atoms with van der Waals surface area (Å²) < 4.78 is 5.63. The van der Waals surface area contributed by atoms with Gasteiger partial charge in [-0.2, -0.15) is 0 Å². The predicted molar refractivity (Wildman–Crippen MR) is 160 cm³/mol. The number of nitrogens with one attached hydrogen (secondary N) is 1. The average Bonchev–Trinajstić information content (AvgIpc) is 3.73. The number of hydrogen-bond acceptors (Lipinski definition) is 7. The maximum absolute atomic E-state index is 12.8. The third kappa shape index (κ3) is 4.85. The van der Waals surface area contributed by atoms with E-state index in [0.717, 1.165) is 57.3 Å². The fourth-order valence-corrected chi connectivity index (χ4v) is 5.66. The van der Waals surface area contributed by atoms with E-state index in [2.05, 4.69) is 32.0 Å². The first-order valence-electron chi connectivity index (χ1n) is 14.3. The van der Waals surface area contributed by atoms with Crippen molar-refractivity contribution in [2.45, 2.75) is 45.1 Å². The van der Waals surface area contributed by atoms with Crippen LogP contribution in [-0.4, -0.2) is 67.7 Å². The molecule has 1 saturated heterocycles. The van der Waals surface area contributed by atoms with Crippen LogP contribution in [0, 0.1) is 0 Å². The maximum Gasteiger partial charge on any atom is 0.410 e. The highest BCUT2D eigenvalue weighted by molar-refractivity contribution is 6.04. The molecule has 1 aromatic carbocycles. The van der Waals surface area contributed by atoms with E-state index in [1.807, 2.05) is 63.6 Å². The molecule has 0 atom stereocenters. The number of fused-ring (bicyclic) bond motifs is 2. The number of carbonyl (C=O) groups is 1. The van der Waals surface area contributed by atoms with Crippen LogP contribution in [0.4, 0.5) is 10.6 Å². The van der Waals surface area contributed by atoms with Gasteiger partial charge in [0.2, 0.25) is 0 Å². The summed E-state index contributed by atoms with van der Waals surface area (Å²) in [5.41, 5.74) is 5.40. The van der Waals surface area contributed by atoms with Crippen molar-refractivity contribution in [3.8, 4) is 22.5 Å². The zero-order valence-corrected chi connectivity index (χ0v) is 23.6. The molecule has 9 nitrogen and oxygen atoms in total. The van der Waals surface area contributed by atoms with E-state index in [4.69, 9.17) is 14.7 Å². The number of anilines is 1. The summed E-state index contributed by atoms with van der Waals surface area (Å²) >= 11 is 0. The Bertz CT molecular complexity index is 1750. The summed E-state index contributed by atoms with van der Waals surface area (Å²) in [4.78, 5) is 39.7. The van der Waals surface area contributed by atoms with Gasteiger partial charge < -0.3 is 19.5 Å². The van der Waals surface area contributed by atoms with Gasteiger partial charge in [0.05, 0.1) is 11.7 Å². The highest BCUT2D eigenvalue weighted by atomic mass is 16.6. The summed E-state index contributed by atoms with van der Waals surface area (Å²) in [6.07, 6.45) is 9.67. The lowest BCUT2D eigenvalue weighted by molar-refractivity contribution is 0.0240. The van der Waals surface area contributed by atoms with E-state index in [1.165, 1.54) is 5.56 Å². The molecule has 4 aromatic heterocycles. The molecule has 2 fully saturated rings. The second-order valence-corrected chi connectivity index (χ2v) is 11.9. The van der Waals surface area contributed by atoms with E-state index in [1.54, 1.807) is 11.1 Å². The van der Waals surface area contributed by atoms with Gasteiger partial charge in [-0.15, -0.1) is 0 Å². The molecule has 2 aliphatic rings. The molecule has 208 valence electrons. The van der Waals surface area contributed by atoms with Crippen LogP contribution in [0.3, 0.4) is 0 Å². The Morgan fingerprint density at radius 1 is 0.951 bits per heavy atom. The van der Waals surface area contributed by atoms with Gasteiger partial charge in [0.1, 0.15) is 17.1 Å². The molecule has 0 bridgehead atoms. The Morgan fingerprint density at radius 3 is 2.46 bits per heavy atom. The zero-order chi connectivity index (χ0) is 28.1. The van der Waals surface area contributed by atoms with E-state index in [-0.39, 0.29) is 6.09 Å². The fourth-order valence-electron chi connectivity index (χ4n) is 5.66. The highest BCUT2D eigenvalue weighted by Crippen LogP contribution is 2.45. The first-order valence-corrected chi connectivity index (χ1v) is 14.3. The maximum atomic E-state index is 12.8. The Labute approximate surface area is 238 Å². The van der Waals surface area contributed by atoms with Gasteiger partial charge in [0.25, 0.3) is 0 Å². The number of carbonyl (C=O) groups excluding carboxylic acids is 1. The Morgan fingerprint density at radius 2 is 1.73 bits per heavy atom. The third-order valence-electron chi connectivity index (χ3n) is 7.76. The number of aromatic nitrogens is 5. The molecule has 0 radical (unpaired) electrons. The Hall–Kier alpha value is -4.53. The second-order valence-electron chi connectivity index (χ2n) is 11.9. The fraction of sp³-hybridized carbons (Fsp3) is 0.344. The van der Waals surface area contributed by atoms with Crippen LogP contribution < -0.4 is 4.90 Å². The number of H-pyrrole nitrogens is 1. The number of benzene rings is 1. The lowest BCUT2D eigenvalue weighted by Crippen LogP contribution is -2.50. The normalized spacial score (nSPS) is 16.0. The largest absolute Gasteiger partial charge is 0.444 e. The first kappa shape index (κ1) is 25.4. The summed E-state index contributed by atoms with van der Waals surface area (Å²) in [5.74, 6) is 2.03. The SMILES string of the molecule is CC(C)(C)OC(=O)N1CCN(c2nc(-c3ccnc4[nH]cc(-c5ccccc5)c34)nc3cncc(C4CC4)c23)CC1. The van der Waals surface area contributed by atoms with Crippen LogP contribution in [0.2, 0.25) is 0 Å². The minimum atomic E-state index is -0.523. The van der Waals surface area contributed by atoms with Crippen LogP contribution in [-0.2, 0) is 4.74 Å². The van der Waals surface area contributed by atoms with Gasteiger partial charge in [-0.3, -0.25) is 4.98 Å². The van der Waals surface area contributed by atoms with E-state index >= 15 is 0 Å². The first-order chi connectivity index (χ1) is 19.9. The standard InChI is InChI=1S/C32H33N7O2/c1-32(2,3)41-31(40)39-15-13-38(14-16-39)30-27-23(21-9-10-21)17-33-19-25(27)36-28(37-30)22-11-12-34-29-26(22)24(18-35-29)20-7-5-4-6-8-20/h4-8,11-12,17-19,21H,9-10,13-16H2,1-3H3,(H,34,35). The van der Waals surface area contributed by atoms with Crippen molar-refractivity contribution >= 4 is 33.8 Å². The Balaban J connectivity index is 1.33. The van der Waals surface area contributed by atoms with Crippen LogP contribution in [0.15, 0.2) is 61.2 Å². The molecule has 7 rings (SSSR count). The van der Waals surface area contributed by atoms with Crippen molar-refractivity contribution in [2.75, 3.05) is 31.1 Å². The Kier molecular flexibility index (Phi) is 6.10. The minimum absolute atomic E-state index is 0.270. The molecule has 1 saturated carbocycles. The number of ether oxygens (including phenoxy) is 1. The van der Waals surface area contributed by atoms with E-state index in [9.17, 15) is 4.79 Å². The van der Waals surface area contributed by atoms with Crippen molar-refractivity contribution in [1.29, 1.82) is 0 Å².